The number of nitrogens with two attached hydrogens (primary N) is 1. The van der Waals surface area contributed by atoms with Crippen LogP contribution in [0.2, 0.25) is 0 Å². The Labute approximate surface area is 88.4 Å². The van der Waals surface area contributed by atoms with Crippen LogP contribution in [-0.2, 0) is 6.54 Å². The van der Waals surface area contributed by atoms with Crippen LogP contribution in [0.3, 0.4) is 0 Å². The van der Waals surface area contributed by atoms with Crippen molar-refractivity contribution in [2.75, 3.05) is 18.8 Å². The van der Waals surface area contributed by atoms with Gasteiger partial charge in [-0.15, -0.1) is 23.7 Å². The van der Waals surface area contributed by atoms with Gasteiger partial charge in [-0.2, -0.15) is 0 Å². The summed E-state index contributed by atoms with van der Waals surface area (Å²) < 4.78 is 0. The van der Waals surface area contributed by atoms with Crippen LogP contribution in [0.25, 0.3) is 0 Å². The second kappa shape index (κ2) is 4.79. The second-order valence-corrected chi connectivity index (χ2v) is 4.05. The van der Waals surface area contributed by atoms with Crippen molar-refractivity contribution in [1.82, 2.24) is 9.88 Å². The molecule has 0 atom stereocenters. The molecule has 0 aromatic carbocycles. The molecule has 0 saturated carbocycles. The number of nitrogen functional groups attached to an aromatic ring is 1. The van der Waals surface area contributed by atoms with Gasteiger partial charge in [0.05, 0.1) is 5.69 Å². The smallest absolute Gasteiger partial charge is 0.180 e. The molecule has 1 aromatic rings. The molecule has 2 rings (SSSR count). The van der Waals surface area contributed by atoms with Gasteiger partial charge in [-0.3, -0.25) is 4.90 Å². The van der Waals surface area contributed by atoms with Gasteiger partial charge in [-0.05, 0) is 25.9 Å². The van der Waals surface area contributed by atoms with Gasteiger partial charge >= 0.3 is 0 Å². The van der Waals surface area contributed by atoms with E-state index in [1.807, 2.05) is 5.38 Å². The first kappa shape index (κ1) is 10.8. The van der Waals surface area contributed by atoms with Gasteiger partial charge in [0.15, 0.2) is 5.13 Å². The number of thiazole rings is 1. The molecule has 0 unspecified atom stereocenters. The van der Waals surface area contributed by atoms with Crippen molar-refractivity contribution in [2.45, 2.75) is 19.4 Å². The van der Waals surface area contributed by atoms with Gasteiger partial charge in [0.25, 0.3) is 0 Å². The molecule has 2 heterocycles. The van der Waals surface area contributed by atoms with E-state index in [0.29, 0.717) is 5.13 Å². The van der Waals surface area contributed by atoms with E-state index in [1.165, 1.54) is 37.3 Å². The Morgan fingerprint density at radius 3 is 2.69 bits per heavy atom. The molecule has 74 valence electrons. The predicted octanol–water partition coefficient (Wildman–Crippen LogP) is 1.74. The predicted molar refractivity (Wildman–Crippen MR) is 58.3 cm³/mol. The number of aromatic nitrogens is 1. The molecule has 0 bridgehead atoms. The van der Waals surface area contributed by atoms with Gasteiger partial charge in [-0.25, -0.2) is 4.98 Å². The average Bonchev–Trinajstić information content (AvgIpc) is 2.63. The quantitative estimate of drug-likeness (QED) is 0.824. The Morgan fingerprint density at radius 1 is 1.46 bits per heavy atom. The zero-order valence-corrected chi connectivity index (χ0v) is 9.03. The third-order valence-corrected chi connectivity index (χ3v) is 2.88. The first-order valence-corrected chi connectivity index (χ1v) is 5.15. The highest BCUT2D eigenvalue weighted by Gasteiger charge is 2.12. The lowest BCUT2D eigenvalue weighted by molar-refractivity contribution is 0.328. The van der Waals surface area contributed by atoms with Crippen LogP contribution in [0, 0.1) is 0 Å². The number of hydrogen-bond donors (Lipinski definition) is 1. The van der Waals surface area contributed by atoms with Crippen LogP contribution >= 0.6 is 23.7 Å². The molecule has 0 radical (unpaired) electrons. The fourth-order valence-electron chi connectivity index (χ4n) is 1.57. The molecule has 3 nitrogen and oxygen atoms in total. The minimum Gasteiger partial charge on any atom is -0.375 e. The molecule has 1 saturated heterocycles. The van der Waals surface area contributed by atoms with Gasteiger partial charge in [0.2, 0.25) is 0 Å². The van der Waals surface area contributed by atoms with Gasteiger partial charge < -0.3 is 5.73 Å². The summed E-state index contributed by atoms with van der Waals surface area (Å²) in [6.07, 6.45) is 2.67. The number of hydrogen-bond acceptors (Lipinski definition) is 4. The third kappa shape index (κ3) is 2.83. The van der Waals surface area contributed by atoms with E-state index in [1.54, 1.807) is 0 Å². The summed E-state index contributed by atoms with van der Waals surface area (Å²) in [6, 6.07) is 0. The summed E-state index contributed by atoms with van der Waals surface area (Å²) in [5.74, 6) is 0. The lowest BCUT2D eigenvalue weighted by atomic mass is 10.4. The molecular formula is C8H14ClN3S. The van der Waals surface area contributed by atoms with Crippen molar-refractivity contribution < 1.29 is 0 Å². The van der Waals surface area contributed by atoms with Crippen molar-refractivity contribution in [3.63, 3.8) is 0 Å². The molecule has 1 aromatic heterocycles. The molecule has 1 fully saturated rings. The maximum Gasteiger partial charge on any atom is 0.180 e. The molecule has 0 aliphatic carbocycles. The molecule has 13 heavy (non-hydrogen) atoms. The highest BCUT2D eigenvalue weighted by Crippen LogP contribution is 2.15. The monoisotopic (exact) mass is 219 g/mol. The fraction of sp³-hybridized carbons (Fsp3) is 0.625. The van der Waals surface area contributed by atoms with Crippen LogP contribution < -0.4 is 5.73 Å². The maximum atomic E-state index is 5.54. The molecule has 0 amide bonds. The maximum absolute atomic E-state index is 5.54. The molecular weight excluding hydrogens is 206 g/mol. The summed E-state index contributed by atoms with van der Waals surface area (Å²) >= 11 is 1.53. The van der Waals surface area contributed by atoms with Gasteiger partial charge in [0, 0.05) is 11.9 Å². The molecule has 1 aliphatic heterocycles. The number of likely N-dealkylation sites (tertiary alicyclic amines) is 1. The van der Waals surface area contributed by atoms with Crippen molar-refractivity contribution >= 4 is 28.9 Å². The highest BCUT2D eigenvalue weighted by molar-refractivity contribution is 7.13. The fourth-order valence-corrected chi connectivity index (χ4v) is 2.12. The highest BCUT2D eigenvalue weighted by atomic mass is 35.5. The van der Waals surface area contributed by atoms with E-state index in [4.69, 9.17) is 5.73 Å². The lowest BCUT2D eigenvalue weighted by Gasteiger charge is -2.11. The largest absolute Gasteiger partial charge is 0.375 e. The van der Waals surface area contributed by atoms with Crippen molar-refractivity contribution in [3.8, 4) is 0 Å². The zero-order chi connectivity index (χ0) is 8.39. The first-order valence-electron chi connectivity index (χ1n) is 4.27. The lowest BCUT2D eigenvalue weighted by Crippen LogP contribution is -2.18. The van der Waals surface area contributed by atoms with Crippen LogP contribution in [0.1, 0.15) is 18.5 Å². The standard InChI is InChI=1S/C8H13N3S.ClH/c9-8-10-7(6-12-8)5-11-3-1-2-4-11;/h6H,1-5H2,(H2,9,10);1H. The topological polar surface area (TPSA) is 42.1 Å². The Kier molecular flexibility index (Phi) is 3.96. The summed E-state index contributed by atoms with van der Waals surface area (Å²) in [7, 11) is 0. The van der Waals surface area contributed by atoms with Crippen molar-refractivity contribution in [3.05, 3.63) is 11.1 Å². The summed E-state index contributed by atoms with van der Waals surface area (Å²) in [6.45, 7) is 3.42. The third-order valence-electron chi connectivity index (χ3n) is 2.15. The van der Waals surface area contributed by atoms with E-state index < -0.39 is 0 Å². The number of nitrogens with zero attached hydrogens (tertiary/aromatic N) is 2. The Morgan fingerprint density at radius 2 is 2.15 bits per heavy atom. The molecule has 5 heteroatoms. The Bertz CT molecular complexity index is 258. The SMILES string of the molecule is Cl.Nc1nc(CN2CCCC2)cs1. The minimum absolute atomic E-state index is 0. The van der Waals surface area contributed by atoms with Crippen molar-refractivity contribution in [1.29, 1.82) is 0 Å². The molecule has 0 spiro atoms. The number of anilines is 1. The second-order valence-electron chi connectivity index (χ2n) is 3.16. The van der Waals surface area contributed by atoms with Crippen molar-refractivity contribution in [2.24, 2.45) is 0 Å². The first-order chi connectivity index (χ1) is 5.84. The van der Waals surface area contributed by atoms with Crippen LogP contribution in [0.5, 0.6) is 0 Å². The number of rotatable bonds is 2. The molecule has 1 aliphatic rings. The van der Waals surface area contributed by atoms with E-state index in [0.717, 1.165) is 12.2 Å². The van der Waals surface area contributed by atoms with E-state index in [-0.39, 0.29) is 12.4 Å². The van der Waals surface area contributed by atoms with E-state index >= 15 is 0 Å². The Balaban J connectivity index is 0.000000845. The molecule has 2 N–H and O–H groups in total. The summed E-state index contributed by atoms with van der Waals surface area (Å²) in [4.78, 5) is 6.65. The van der Waals surface area contributed by atoms with Crippen LogP contribution in [0.4, 0.5) is 5.13 Å². The minimum atomic E-state index is 0. The van der Waals surface area contributed by atoms with Crippen LogP contribution in [-0.4, -0.2) is 23.0 Å². The number of halogens is 1. The zero-order valence-electron chi connectivity index (χ0n) is 7.40. The van der Waals surface area contributed by atoms with Crippen LogP contribution in [0.15, 0.2) is 5.38 Å². The van der Waals surface area contributed by atoms with E-state index in [9.17, 15) is 0 Å². The normalized spacial score (nSPS) is 17.2. The summed E-state index contributed by atoms with van der Waals surface area (Å²) in [5, 5.41) is 2.73. The van der Waals surface area contributed by atoms with Gasteiger partial charge in [0.1, 0.15) is 0 Å². The summed E-state index contributed by atoms with van der Waals surface area (Å²) in [5.41, 5.74) is 6.67. The Hall–Kier alpha value is -0.320. The van der Waals surface area contributed by atoms with E-state index in [2.05, 4.69) is 9.88 Å². The van der Waals surface area contributed by atoms with Gasteiger partial charge in [-0.1, -0.05) is 0 Å². The average molecular weight is 220 g/mol.